The van der Waals surface area contributed by atoms with Gasteiger partial charge in [0.1, 0.15) is 6.61 Å². The number of aliphatic hydroxyl groups excluding tert-OH is 1. The van der Waals surface area contributed by atoms with Crippen LogP contribution < -0.4 is 9.47 Å². The van der Waals surface area contributed by atoms with Gasteiger partial charge in [-0.15, -0.1) is 0 Å². The minimum absolute atomic E-state index is 0.0572. The van der Waals surface area contributed by atoms with E-state index >= 15 is 0 Å². The standard InChI is InChI=1S/C15H19NO4/c1-10-8-16(7-6-11(10)17)15(18)14-9-19-12-4-2-3-5-13(12)20-14/h2-5,10-11,14,17H,6-9H2,1H3. The lowest BCUT2D eigenvalue weighted by Gasteiger charge is -2.37. The van der Waals surface area contributed by atoms with Gasteiger partial charge < -0.3 is 19.5 Å². The lowest BCUT2D eigenvalue weighted by atomic mass is 9.96. The minimum Gasteiger partial charge on any atom is -0.485 e. The van der Waals surface area contributed by atoms with Gasteiger partial charge in [0.25, 0.3) is 5.91 Å². The van der Waals surface area contributed by atoms with Crippen LogP contribution in [0.15, 0.2) is 24.3 Å². The quantitative estimate of drug-likeness (QED) is 0.834. The third kappa shape index (κ3) is 2.45. The summed E-state index contributed by atoms with van der Waals surface area (Å²) in [6.07, 6.45) is -0.285. The molecule has 0 spiro atoms. The Kier molecular flexibility index (Phi) is 3.53. The van der Waals surface area contributed by atoms with E-state index in [0.717, 1.165) is 0 Å². The van der Waals surface area contributed by atoms with Crippen LogP contribution in [-0.2, 0) is 4.79 Å². The molecule has 5 nitrogen and oxygen atoms in total. The molecule has 0 radical (unpaired) electrons. The first-order valence-corrected chi connectivity index (χ1v) is 7.00. The second-order valence-electron chi connectivity index (χ2n) is 5.48. The number of carbonyl (C=O) groups is 1. The van der Waals surface area contributed by atoms with E-state index in [1.54, 1.807) is 11.0 Å². The molecule has 0 bridgehead atoms. The van der Waals surface area contributed by atoms with Crippen LogP contribution in [0.3, 0.4) is 0 Å². The second-order valence-corrected chi connectivity index (χ2v) is 5.48. The Balaban J connectivity index is 1.67. The zero-order valence-corrected chi connectivity index (χ0v) is 11.5. The van der Waals surface area contributed by atoms with Crippen LogP contribution in [0.2, 0.25) is 0 Å². The van der Waals surface area contributed by atoms with Gasteiger partial charge >= 0.3 is 0 Å². The number of aliphatic hydroxyl groups is 1. The zero-order valence-electron chi connectivity index (χ0n) is 11.5. The maximum atomic E-state index is 12.5. The number of carbonyl (C=O) groups excluding carboxylic acids is 1. The van der Waals surface area contributed by atoms with Crippen molar-refractivity contribution in [2.24, 2.45) is 5.92 Å². The summed E-state index contributed by atoms with van der Waals surface area (Å²) in [4.78, 5) is 14.2. The minimum atomic E-state index is -0.590. The van der Waals surface area contributed by atoms with Gasteiger partial charge in [-0.05, 0) is 24.5 Å². The fourth-order valence-corrected chi connectivity index (χ4v) is 2.68. The molecule has 1 N–H and O–H groups in total. The number of hydrogen-bond acceptors (Lipinski definition) is 4. The van der Waals surface area contributed by atoms with Crippen LogP contribution in [-0.4, -0.2) is 47.8 Å². The highest BCUT2D eigenvalue weighted by atomic mass is 16.6. The summed E-state index contributed by atoms with van der Waals surface area (Å²) < 4.78 is 11.3. The van der Waals surface area contributed by atoms with Gasteiger partial charge in [-0.3, -0.25) is 4.79 Å². The summed E-state index contributed by atoms with van der Waals surface area (Å²) in [5.41, 5.74) is 0. The van der Waals surface area contributed by atoms with E-state index in [1.807, 2.05) is 25.1 Å². The summed E-state index contributed by atoms with van der Waals surface area (Å²) in [5, 5.41) is 9.72. The Morgan fingerprint density at radius 1 is 1.35 bits per heavy atom. The van der Waals surface area contributed by atoms with Crippen molar-refractivity contribution >= 4 is 5.91 Å². The number of piperidine rings is 1. The molecule has 20 heavy (non-hydrogen) atoms. The fraction of sp³-hybridized carbons (Fsp3) is 0.533. The number of ether oxygens (including phenoxy) is 2. The van der Waals surface area contributed by atoms with Gasteiger partial charge in [-0.2, -0.15) is 0 Å². The second kappa shape index (κ2) is 5.32. The first-order valence-electron chi connectivity index (χ1n) is 7.00. The van der Waals surface area contributed by atoms with E-state index < -0.39 is 6.10 Å². The monoisotopic (exact) mass is 277 g/mol. The number of likely N-dealkylation sites (tertiary alicyclic amines) is 1. The molecular weight excluding hydrogens is 258 g/mol. The molecule has 1 saturated heterocycles. The lowest BCUT2D eigenvalue weighted by molar-refractivity contribution is -0.144. The van der Waals surface area contributed by atoms with E-state index in [4.69, 9.17) is 9.47 Å². The molecule has 3 atom stereocenters. The predicted molar refractivity (Wildman–Crippen MR) is 72.7 cm³/mol. The summed E-state index contributed by atoms with van der Waals surface area (Å²) in [6.45, 7) is 3.34. The fourth-order valence-electron chi connectivity index (χ4n) is 2.68. The molecular formula is C15H19NO4. The third-order valence-corrected chi connectivity index (χ3v) is 3.96. The SMILES string of the molecule is CC1CN(C(=O)C2COc3ccccc3O2)CCC1O. The Hall–Kier alpha value is -1.75. The highest BCUT2D eigenvalue weighted by Crippen LogP contribution is 2.31. The van der Waals surface area contributed by atoms with Gasteiger partial charge in [0.2, 0.25) is 6.10 Å². The van der Waals surface area contributed by atoms with Crippen molar-refractivity contribution in [1.82, 2.24) is 4.90 Å². The van der Waals surface area contributed by atoms with E-state index in [1.165, 1.54) is 0 Å². The molecule has 1 aromatic rings. The highest BCUT2D eigenvalue weighted by molar-refractivity contribution is 5.82. The van der Waals surface area contributed by atoms with Gasteiger partial charge in [-0.25, -0.2) is 0 Å². The van der Waals surface area contributed by atoms with Crippen LogP contribution in [0, 0.1) is 5.92 Å². The van der Waals surface area contributed by atoms with Crippen LogP contribution in [0.1, 0.15) is 13.3 Å². The lowest BCUT2D eigenvalue weighted by Crippen LogP contribution is -2.52. The van der Waals surface area contributed by atoms with Crippen molar-refractivity contribution in [3.05, 3.63) is 24.3 Å². The Labute approximate surface area is 118 Å². The van der Waals surface area contributed by atoms with Crippen molar-refractivity contribution in [2.75, 3.05) is 19.7 Å². The summed E-state index contributed by atoms with van der Waals surface area (Å²) in [5.74, 6) is 1.34. The molecule has 3 unspecified atom stereocenters. The van der Waals surface area contributed by atoms with Gasteiger partial charge in [0.15, 0.2) is 11.5 Å². The average Bonchev–Trinajstić information content (AvgIpc) is 2.49. The molecule has 0 aliphatic carbocycles. The molecule has 5 heteroatoms. The molecule has 1 fully saturated rings. The number of amides is 1. The molecule has 2 aliphatic rings. The van der Waals surface area contributed by atoms with Gasteiger partial charge in [0, 0.05) is 13.1 Å². The normalized spacial score (nSPS) is 29.1. The van der Waals surface area contributed by atoms with E-state index in [0.29, 0.717) is 31.0 Å². The number of para-hydroxylation sites is 2. The number of hydrogen-bond donors (Lipinski definition) is 1. The Morgan fingerprint density at radius 2 is 2.10 bits per heavy atom. The molecule has 0 aromatic heterocycles. The van der Waals surface area contributed by atoms with Crippen LogP contribution >= 0.6 is 0 Å². The van der Waals surface area contributed by atoms with Gasteiger partial charge in [0.05, 0.1) is 6.10 Å². The maximum absolute atomic E-state index is 12.5. The smallest absolute Gasteiger partial charge is 0.267 e. The van der Waals surface area contributed by atoms with Crippen molar-refractivity contribution < 1.29 is 19.4 Å². The van der Waals surface area contributed by atoms with E-state index in [9.17, 15) is 9.90 Å². The molecule has 2 heterocycles. The number of benzene rings is 1. The van der Waals surface area contributed by atoms with E-state index in [2.05, 4.69) is 0 Å². The number of nitrogens with zero attached hydrogens (tertiary/aromatic N) is 1. The summed E-state index contributed by atoms with van der Waals surface area (Å²) in [6, 6.07) is 7.36. The first kappa shape index (κ1) is 13.2. The average molecular weight is 277 g/mol. The highest BCUT2D eigenvalue weighted by Gasteiger charge is 2.34. The first-order chi connectivity index (χ1) is 9.65. The van der Waals surface area contributed by atoms with Crippen LogP contribution in [0.4, 0.5) is 0 Å². The Morgan fingerprint density at radius 3 is 2.85 bits per heavy atom. The predicted octanol–water partition coefficient (Wildman–Crippen LogP) is 1.06. The maximum Gasteiger partial charge on any atom is 0.267 e. The number of fused-ring (bicyclic) bond motifs is 1. The third-order valence-electron chi connectivity index (χ3n) is 3.96. The van der Waals surface area contributed by atoms with Crippen LogP contribution in [0.25, 0.3) is 0 Å². The molecule has 0 saturated carbocycles. The van der Waals surface area contributed by atoms with Crippen LogP contribution in [0.5, 0.6) is 11.5 Å². The topological polar surface area (TPSA) is 59.0 Å². The molecule has 108 valence electrons. The van der Waals surface area contributed by atoms with Gasteiger partial charge in [-0.1, -0.05) is 19.1 Å². The van der Waals surface area contributed by atoms with Crippen molar-refractivity contribution in [2.45, 2.75) is 25.6 Å². The summed E-state index contributed by atoms with van der Waals surface area (Å²) >= 11 is 0. The van der Waals surface area contributed by atoms with Crippen molar-refractivity contribution in [3.63, 3.8) is 0 Å². The Bertz CT molecular complexity index is 504. The van der Waals surface area contributed by atoms with Crippen molar-refractivity contribution in [3.8, 4) is 11.5 Å². The zero-order chi connectivity index (χ0) is 14.1. The molecule has 3 rings (SSSR count). The van der Waals surface area contributed by atoms with E-state index in [-0.39, 0.29) is 24.5 Å². The molecule has 2 aliphatic heterocycles. The molecule has 1 amide bonds. The van der Waals surface area contributed by atoms with Crippen molar-refractivity contribution in [1.29, 1.82) is 0 Å². The molecule has 1 aromatic carbocycles. The largest absolute Gasteiger partial charge is 0.485 e. The number of rotatable bonds is 1. The summed E-state index contributed by atoms with van der Waals surface area (Å²) in [7, 11) is 0.